The number of H-pyrrole nitrogens is 1. The molecule has 0 aromatic carbocycles. The van der Waals surface area contributed by atoms with Crippen LogP contribution in [0.2, 0.25) is 0 Å². The molecule has 0 bridgehead atoms. The van der Waals surface area contributed by atoms with Crippen molar-refractivity contribution in [2.45, 2.75) is 20.3 Å². The van der Waals surface area contributed by atoms with E-state index in [0.29, 0.717) is 17.9 Å². The molecule has 0 saturated heterocycles. The maximum absolute atomic E-state index is 11.2. The average molecular weight is 196 g/mol. The highest BCUT2D eigenvalue weighted by Crippen LogP contribution is 2.03. The summed E-state index contributed by atoms with van der Waals surface area (Å²) >= 11 is 0. The molecule has 0 atom stereocenters. The van der Waals surface area contributed by atoms with Crippen molar-refractivity contribution in [2.24, 2.45) is 5.92 Å². The Bertz CT molecular complexity index is 395. The van der Waals surface area contributed by atoms with E-state index in [1.54, 1.807) is 0 Å². The van der Waals surface area contributed by atoms with Crippen LogP contribution in [-0.2, 0) is 6.42 Å². The second-order valence-corrected chi connectivity index (χ2v) is 3.51. The molecule has 0 radical (unpaired) electrons. The van der Waals surface area contributed by atoms with E-state index in [0.717, 1.165) is 0 Å². The Morgan fingerprint density at radius 2 is 2.29 bits per heavy atom. The van der Waals surface area contributed by atoms with Crippen molar-refractivity contribution in [3.05, 3.63) is 27.7 Å². The highest BCUT2D eigenvalue weighted by atomic mass is 16.4. The second kappa shape index (κ2) is 4.04. The van der Waals surface area contributed by atoms with Crippen LogP contribution in [-0.4, -0.2) is 21.3 Å². The Morgan fingerprint density at radius 3 is 2.79 bits per heavy atom. The molecule has 1 aromatic heterocycles. The number of aromatic amines is 1. The predicted molar refractivity (Wildman–Crippen MR) is 50.4 cm³/mol. The molecule has 5 heteroatoms. The van der Waals surface area contributed by atoms with E-state index >= 15 is 0 Å². The van der Waals surface area contributed by atoms with Gasteiger partial charge in [0.05, 0.1) is 0 Å². The van der Waals surface area contributed by atoms with Crippen molar-refractivity contribution in [3.63, 3.8) is 0 Å². The molecule has 0 aliphatic carbocycles. The van der Waals surface area contributed by atoms with Crippen molar-refractivity contribution in [1.29, 1.82) is 0 Å². The normalized spacial score (nSPS) is 10.5. The van der Waals surface area contributed by atoms with Gasteiger partial charge in [-0.05, 0) is 18.4 Å². The molecule has 0 spiro atoms. The van der Waals surface area contributed by atoms with Gasteiger partial charge in [0, 0.05) is 5.56 Å². The Balaban J connectivity index is 3.08. The van der Waals surface area contributed by atoms with E-state index in [2.05, 4.69) is 10.2 Å². The van der Waals surface area contributed by atoms with Gasteiger partial charge < -0.3 is 5.11 Å². The number of nitrogens with one attached hydrogen (secondary N) is 1. The molecule has 1 heterocycles. The topological polar surface area (TPSA) is 83.0 Å². The summed E-state index contributed by atoms with van der Waals surface area (Å²) in [5, 5.41) is 14.2. The minimum atomic E-state index is -1.13. The lowest BCUT2D eigenvalue weighted by molar-refractivity contribution is 0.0689. The third-order valence-electron chi connectivity index (χ3n) is 1.73. The number of carboxylic acids is 1. The van der Waals surface area contributed by atoms with E-state index in [1.807, 2.05) is 13.8 Å². The zero-order valence-corrected chi connectivity index (χ0v) is 8.07. The first-order valence-electron chi connectivity index (χ1n) is 4.32. The lowest BCUT2D eigenvalue weighted by atomic mass is 10.0. The van der Waals surface area contributed by atoms with Crippen molar-refractivity contribution in [1.82, 2.24) is 10.2 Å². The quantitative estimate of drug-likeness (QED) is 0.744. The van der Waals surface area contributed by atoms with Crippen molar-refractivity contribution in [3.8, 4) is 0 Å². The van der Waals surface area contributed by atoms with E-state index < -0.39 is 5.97 Å². The molecule has 0 saturated carbocycles. The summed E-state index contributed by atoms with van der Waals surface area (Å²) in [7, 11) is 0. The first-order chi connectivity index (χ1) is 6.50. The Labute approximate surface area is 80.8 Å². The zero-order chi connectivity index (χ0) is 10.7. The molecule has 2 N–H and O–H groups in total. The van der Waals surface area contributed by atoms with Gasteiger partial charge in [-0.25, -0.2) is 9.89 Å². The fourth-order valence-corrected chi connectivity index (χ4v) is 1.15. The maximum atomic E-state index is 11.2. The third-order valence-corrected chi connectivity index (χ3v) is 1.73. The van der Waals surface area contributed by atoms with Crippen molar-refractivity contribution < 1.29 is 9.90 Å². The van der Waals surface area contributed by atoms with Gasteiger partial charge in [-0.15, -0.1) is 0 Å². The molecule has 76 valence electrons. The molecule has 0 amide bonds. The van der Waals surface area contributed by atoms with Gasteiger partial charge in [0.2, 0.25) is 0 Å². The molecule has 1 aromatic rings. The molecule has 0 fully saturated rings. The average Bonchev–Trinajstić information content (AvgIpc) is 2.07. The number of aromatic nitrogens is 2. The van der Waals surface area contributed by atoms with Crippen LogP contribution in [0.4, 0.5) is 0 Å². The number of nitrogens with zero attached hydrogens (tertiary/aromatic N) is 1. The van der Waals surface area contributed by atoms with Gasteiger partial charge in [0.25, 0.3) is 5.56 Å². The van der Waals surface area contributed by atoms with Crippen molar-refractivity contribution in [2.75, 3.05) is 0 Å². The summed E-state index contributed by atoms with van der Waals surface area (Å²) in [4.78, 5) is 21.8. The minimum Gasteiger partial charge on any atom is -0.476 e. The summed E-state index contributed by atoms with van der Waals surface area (Å²) in [5.74, 6) is -0.827. The summed E-state index contributed by atoms with van der Waals surface area (Å²) in [6.07, 6.45) is 0.554. The van der Waals surface area contributed by atoms with Crippen LogP contribution in [0.25, 0.3) is 0 Å². The lowest BCUT2D eigenvalue weighted by Gasteiger charge is -2.03. The number of aromatic carboxylic acids is 1. The number of hydrogen-bond acceptors (Lipinski definition) is 3. The van der Waals surface area contributed by atoms with Gasteiger partial charge in [-0.2, -0.15) is 5.10 Å². The first kappa shape index (κ1) is 10.4. The van der Waals surface area contributed by atoms with Crippen LogP contribution >= 0.6 is 0 Å². The van der Waals surface area contributed by atoms with Crippen LogP contribution in [0, 0.1) is 5.92 Å². The largest absolute Gasteiger partial charge is 0.476 e. The number of rotatable bonds is 3. The summed E-state index contributed by atoms with van der Waals surface area (Å²) in [6.45, 7) is 3.92. The molecular formula is C9H12N2O3. The van der Waals surface area contributed by atoms with E-state index in [1.165, 1.54) is 6.07 Å². The highest BCUT2D eigenvalue weighted by molar-refractivity contribution is 5.85. The SMILES string of the molecule is CC(C)Cc1cc(C(=O)O)n[nH]c1=O. The number of hydrogen-bond donors (Lipinski definition) is 2. The van der Waals surface area contributed by atoms with Gasteiger partial charge in [-0.1, -0.05) is 13.8 Å². The van der Waals surface area contributed by atoms with Gasteiger partial charge in [0.1, 0.15) is 0 Å². The van der Waals surface area contributed by atoms with Crippen molar-refractivity contribution >= 4 is 5.97 Å². The van der Waals surface area contributed by atoms with Crippen LogP contribution in [0.1, 0.15) is 29.9 Å². The number of carbonyl (C=O) groups is 1. The molecule has 1 rings (SSSR count). The fourth-order valence-electron chi connectivity index (χ4n) is 1.15. The fraction of sp³-hybridized carbons (Fsp3) is 0.444. The first-order valence-corrected chi connectivity index (χ1v) is 4.32. The Hall–Kier alpha value is -1.65. The van der Waals surface area contributed by atoms with E-state index in [-0.39, 0.29) is 11.3 Å². The van der Waals surface area contributed by atoms with Crippen LogP contribution in [0.3, 0.4) is 0 Å². The molecule has 0 aliphatic rings. The highest BCUT2D eigenvalue weighted by Gasteiger charge is 2.09. The van der Waals surface area contributed by atoms with Crippen LogP contribution in [0.15, 0.2) is 10.9 Å². The minimum absolute atomic E-state index is 0.125. The van der Waals surface area contributed by atoms with E-state index in [9.17, 15) is 9.59 Å². The summed E-state index contributed by atoms with van der Waals surface area (Å²) in [5.41, 5.74) is 0.0244. The lowest BCUT2D eigenvalue weighted by Crippen LogP contribution is -2.18. The standard InChI is InChI=1S/C9H12N2O3/c1-5(2)3-6-4-7(9(13)14)10-11-8(6)12/h4-5H,3H2,1-2H3,(H,11,12)(H,13,14). The third kappa shape index (κ3) is 2.42. The summed E-state index contributed by atoms with van der Waals surface area (Å²) in [6, 6.07) is 1.32. The van der Waals surface area contributed by atoms with E-state index in [4.69, 9.17) is 5.11 Å². The second-order valence-electron chi connectivity index (χ2n) is 3.51. The monoisotopic (exact) mass is 196 g/mol. The maximum Gasteiger partial charge on any atom is 0.356 e. The zero-order valence-electron chi connectivity index (χ0n) is 8.07. The van der Waals surface area contributed by atoms with Gasteiger partial charge in [0.15, 0.2) is 5.69 Å². The molecule has 5 nitrogen and oxygen atoms in total. The molecule has 0 aliphatic heterocycles. The molecule has 14 heavy (non-hydrogen) atoms. The van der Waals surface area contributed by atoms with Crippen LogP contribution in [0.5, 0.6) is 0 Å². The Morgan fingerprint density at radius 1 is 1.64 bits per heavy atom. The Kier molecular flexibility index (Phi) is 3.01. The van der Waals surface area contributed by atoms with Crippen LogP contribution < -0.4 is 5.56 Å². The molecular weight excluding hydrogens is 184 g/mol. The predicted octanol–water partition coefficient (Wildman–Crippen LogP) is 0.667. The number of carboxylic acid groups (broad SMARTS) is 1. The smallest absolute Gasteiger partial charge is 0.356 e. The molecule has 0 unspecified atom stereocenters. The van der Waals surface area contributed by atoms with Gasteiger partial charge >= 0.3 is 5.97 Å². The summed E-state index contributed by atoms with van der Waals surface area (Å²) < 4.78 is 0. The van der Waals surface area contributed by atoms with Gasteiger partial charge in [-0.3, -0.25) is 4.79 Å².